The number of fused-ring (bicyclic) bond motifs is 1. The van der Waals surface area contributed by atoms with Crippen molar-refractivity contribution < 1.29 is 0 Å². The lowest BCUT2D eigenvalue weighted by molar-refractivity contribution is 0.407. The van der Waals surface area contributed by atoms with Gasteiger partial charge in [-0.15, -0.1) is 0 Å². The van der Waals surface area contributed by atoms with Crippen LogP contribution in [0.5, 0.6) is 0 Å². The van der Waals surface area contributed by atoms with E-state index in [1.165, 1.54) is 30.0 Å². The molecule has 1 fully saturated rings. The quantitative estimate of drug-likeness (QED) is 0.787. The number of hydrogen-bond acceptors (Lipinski definition) is 2. The second kappa shape index (κ2) is 5.91. The zero-order chi connectivity index (χ0) is 13.1. The van der Waals surface area contributed by atoms with Gasteiger partial charge < -0.3 is 4.90 Å². The maximum absolute atomic E-state index is 4.64. The topological polar surface area (TPSA) is 16.1 Å². The van der Waals surface area contributed by atoms with Crippen molar-refractivity contribution in [2.45, 2.75) is 19.3 Å². The lowest BCUT2D eigenvalue weighted by Crippen LogP contribution is -2.36. The third-order valence-corrected chi connectivity index (χ3v) is 4.45. The number of pyridine rings is 1. The summed E-state index contributed by atoms with van der Waals surface area (Å²) < 4.78 is 0. The van der Waals surface area contributed by atoms with E-state index in [2.05, 4.69) is 56.1 Å². The van der Waals surface area contributed by atoms with Crippen molar-refractivity contribution in [3.63, 3.8) is 0 Å². The van der Waals surface area contributed by atoms with Crippen molar-refractivity contribution in [1.29, 1.82) is 0 Å². The van der Waals surface area contributed by atoms with E-state index in [1.807, 2.05) is 6.20 Å². The van der Waals surface area contributed by atoms with Gasteiger partial charge in [-0.05, 0) is 36.6 Å². The van der Waals surface area contributed by atoms with Crippen molar-refractivity contribution in [3.05, 3.63) is 36.5 Å². The van der Waals surface area contributed by atoms with E-state index in [0.717, 1.165) is 30.2 Å². The molecule has 1 aromatic heterocycles. The zero-order valence-electron chi connectivity index (χ0n) is 11.1. The van der Waals surface area contributed by atoms with Gasteiger partial charge >= 0.3 is 0 Å². The Hall–Kier alpha value is -1.09. The third kappa shape index (κ3) is 2.76. The number of benzene rings is 1. The van der Waals surface area contributed by atoms with Crippen LogP contribution in [-0.4, -0.2) is 23.4 Å². The molecule has 0 amide bonds. The summed E-state index contributed by atoms with van der Waals surface area (Å²) in [5.74, 6) is 1.96. The average molecular weight is 319 g/mol. The van der Waals surface area contributed by atoms with E-state index in [4.69, 9.17) is 0 Å². The molecule has 0 N–H and O–H groups in total. The van der Waals surface area contributed by atoms with Crippen LogP contribution in [0.25, 0.3) is 10.8 Å². The normalized spacial score (nSPS) is 19.8. The van der Waals surface area contributed by atoms with Crippen LogP contribution in [0.15, 0.2) is 36.5 Å². The monoisotopic (exact) mass is 318 g/mol. The highest BCUT2D eigenvalue weighted by Gasteiger charge is 2.21. The summed E-state index contributed by atoms with van der Waals surface area (Å²) in [5.41, 5.74) is 0. The predicted molar refractivity (Wildman–Crippen MR) is 85.1 cm³/mol. The molecule has 0 aliphatic carbocycles. The number of piperidine rings is 1. The van der Waals surface area contributed by atoms with Gasteiger partial charge in [-0.25, -0.2) is 4.98 Å². The Morgan fingerprint density at radius 3 is 3.05 bits per heavy atom. The first-order valence-corrected chi connectivity index (χ1v) is 8.15. The number of halogens is 1. The summed E-state index contributed by atoms with van der Waals surface area (Å²) in [6, 6.07) is 10.6. The molecular formula is C16H19BrN2. The number of anilines is 1. The molecule has 1 saturated heterocycles. The standard InChI is InChI=1S/C16H19BrN2/c17-9-7-13-4-3-11-19(12-13)16-15-6-2-1-5-14(15)8-10-18-16/h1-2,5-6,8,10,13H,3-4,7,9,11-12H2. The second-order valence-electron chi connectivity index (χ2n) is 5.29. The Kier molecular flexibility index (Phi) is 4.02. The van der Waals surface area contributed by atoms with E-state index in [-0.39, 0.29) is 0 Å². The van der Waals surface area contributed by atoms with E-state index in [0.29, 0.717) is 0 Å². The lowest BCUT2D eigenvalue weighted by Gasteiger charge is -2.34. The van der Waals surface area contributed by atoms with Crippen LogP contribution in [0.4, 0.5) is 5.82 Å². The van der Waals surface area contributed by atoms with Crippen LogP contribution in [0.3, 0.4) is 0 Å². The van der Waals surface area contributed by atoms with Crippen LogP contribution in [0.1, 0.15) is 19.3 Å². The Balaban J connectivity index is 1.91. The molecule has 3 rings (SSSR count). The molecule has 0 spiro atoms. The number of rotatable bonds is 3. The minimum atomic E-state index is 0.800. The molecule has 1 aliphatic rings. The maximum Gasteiger partial charge on any atom is 0.136 e. The van der Waals surface area contributed by atoms with Crippen molar-refractivity contribution in [2.75, 3.05) is 23.3 Å². The van der Waals surface area contributed by atoms with Gasteiger partial charge in [0.25, 0.3) is 0 Å². The van der Waals surface area contributed by atoms with E-state index < -0.39 is 0 Å². The first-order chi connectivity index (χ1) is 9.38. The average Bonchev–Trinajstić information content (AvgIpc) is 2.47. The minimum Gasteiger partial charge on any atom is -0.356 e. The number of aromatic nitrogens is 1. The summed E-state index contributed by atoms with van der Waals surface area (Å²) in [4.78, 5) is 7.11. The van der Waals surface area contributed by atoms with Crippen molar-refractivity contribution >= 4 is 32.5 Å². The van der Waals surface area contributed by atoms with Gasteiger partial charge in [0.05, 0.1) is 0 Å². The first-order valence-electron chi connectivity index (χ1n) is 7.03. The van der Waals surface area contributed by atoms with Crippen molar-refractivity contribution in [3.8, 4) is 0 Å². The maximum atomic E-state index is 4.64. The van der Waals surface area contributed by atoms with Gasteiger partial charge in [-0.1, -0.05) is 40.2 Å². The molecule has 1 atom stereocenters. The van der Waals surface area contributed by atoms with Gasteiger partial charge in [-0.2, -0.15) is 0 Å². The molecule has 0 bridgehead atoms. The van der Waals surface area contributed by atoms with E-state index in [9.17, 15) is 0 Å². The van der Waals surface area contributed by atoms with Crippen LogP contribution in [-0.2, 0) is 0 Å². The lowest BCUT2D eigenvalue weighted by atomic mass is 9.95. The smallest absolute Gasteiger partial charge is 0.136 e. The number of hydrogen-bond donors (Lipinski definition) is 0. The van der Waals surface area contributed by atoms with E-state index in [1.54, 1.807) is 0 Å². The van der Waals surface area contributed by atoms with Gasteiger partial charge in [0.2, 0.25) is 0 Å². The minimum absolute atomic E-state index is 0.800. The molecule has 19 heavy (non-hydrogen) atoms. The van der Waals surface area contributed by atoms with Crippen LogP contribution >= 0.6 is 15.9 Å². The molecule has 0 radical (unpaired) electrons. The molecule has 1 aliphatic heterocycles. The summed E-state index contributed by atoms with van der Waals surface area (Å²) in [5, 5.41) is 3.67. The third-order valence-electron chi connectivity index (χ3n) is 3.99. The fraction of sp³-hybridized carbons (Fsp3) is 0.438. The molecular weight excluding hydrogens is 300 g/mol. The largest absolute Gasteiger partial charge is 0.356 e. The Morgan fingerprint density at radius 1 is 1.26 bits per heavy atom. The first kappa shape index (κ1) is 12.9. The molecule has 2 heterocycles. The zero-order valence-corrected chi connectivity index (χ0v) is 12.6. The van der Waals surface area contributed by atoms with Crippen LogP contribution in [0, 0.1) is 5.92 Å². The van der Waals surface area contributed by atoms with Crippen LogP contribution in [0.2, 0.25) is 0 Å². The highest BCUT2D eigenvalue weighted by atomic mass is 79.9. The highest BCUT2D eigenvalue weighted by Crippen LogP contribution is 2.29. The molecule has 3 heteroatoms. The van der Waals surface area contributed by atoms with Crippen molar-refractivity contribution in [2.24, 2.45) is 5.92 Å². The Labute approximate surface area is 123 Å². The summed E-state index contributed by atoms with van der Waals surface area (Å²) in [6.45, 7) is 2.28. The summed E-state index contributed by atoms with van der Waals surface area (Å²) in [7, 11) is 0. The number of nitrogens with zero attached hydrogens (tertiary/aromatic N) is 2. The molecule has 1 unspecified atom stereocenters. The van der Waals surface area contributed by atoms with Gasteiger partial charge in [0, 0.05) is 30.0 Å². The molecule has 2 aromatic rings. The predicted octanol–water partition coefficient (Wildman–Crippen LogP) is 4.24. The summed E-state index contributed by atoms with van der Waals surface area (Å²) >= 11 is 3.57. The van der Waals surface area contributed by atoms with Crippen LogP contribution < -0.4 is 4.90 Å². The Morgan fingerprint density at radius 2 is 2.16 bits per heavy atom. The molecule has 100 valence electrons. The molecule has 1 aromatic carbocycles. The van der Waals surface area contributed by atoms with Crippen molar-refractivity contribution in [1.82, 2.24) is 4.98 Å². The molecule has 2 nitrogen and oxygen atoms in total. The SMILES string of the molecule is BrCCC1CCCN(c2nccc3ccccc23)C1. The Bertz CT molecular complexity index is 548. The van der Waals surface area contributed by atoms with Gasteiger partial charge in [0.15, 0.2) is 0 Å². The second-order valence-corrected chi connectivity index (χ2v) is 6.08. The fourth-order valence-electron chi connectivity index (χ4n) is 3.00. The fourth-order valence-corrected chi connectivity index (χ4v) is 3.65. The molecule has 0 saturated carbocycles. The summed E-state index contributed by atoms with van der Waals surface area (Å²) in [6.07, 6.45) is 5.84. The highest BCUT2D eigenvalue weighted by molar-refractivity contribution is 9.09. The number of alkyl halides is 1. The van der Waals surface area contributed by atoms with E-state index >= 15 is 0 Å². The van der Waals surface area contributed by atoms with Gasteiger partial charge in [0.1, 0.15) is 5.82 Å². The van der Waals surface area contributed by atoms with Gasteiger partial charge in [-0.3, -0.25) is 0 Å².